The van der Waals surface area contributed by atoms with Crippen LogP contribution in [-0.2, 0) is 32.6 Å². The van der Waals surface area contributed by atoms with Crippen LogP contribution in [0.3, 0.4) is 0 Å². The van der Waals surface area contributed by atoms with Gasteiger partial charge < -0.3 is 14.2 Å². The van der Waals surface area contributed by atoms with Crippen LogP contribution in [0.5, 0.6) is 0 Å². The van der Waals surface area contributed by atoms with Crippen LogP contribution in [-0.4, -0.2) is 57.2 Å². The van der Waals surface area contributed by atoms with Crippen molar-refractivity contribution in [2.45, 2.75) is 77.8 Å². The molecule has 2 saturated heterocycles. The zero-order chi connectivity index (χ0) is 25.3. The van der Waals surface area contributed by atoms with Gasteiger partial charge in [0.15, 0.2) is 17.1 Å². The molecule has 1 aromatic rings. The number of H-pyrrole nitrogens is 1. The number of aromatic nitrogens is 2. The van der Waals surface area contributed by atoms with Crippen LogP contribution in [0.2, 0.25) is 0 Å². The van der Waals surface area contributed by atoms with Gasteiger partial charge in [0.1, 0.15) is 31.0 Å². The molecule has 1 aromatic heterocycles. The van der Waals surface area contributed by atoms with Crippen molar-refractivity contribution in [2.75, 3.05) is 19.0 Å². The van der Waals surface area contributed by atoms with Crippen LogP contribution in [0.1, 0.15) is 54.2 Å². The van der Waals surface area contributed by atoms with Gasteiger partial charge in [-0.2, -0.15) is 0 Å². The van der Waals surface area contributed by atoms with Crippen LogP contribution in [0, 0.1) is 5.41 Å². The predicted octanol–water partition coefficient (Wildman–Crippen LogP) is 2.73. The molecule has 2 aliphatic rings. The third kappa shape index (κ3) is 5.87. The SMILES string of the molecule is CCC(C)(C)C(=O)SCCO[P+](=O)OC[C@H]1O[C@@H](n2ccc(=O)[nH]c2=O)[C@]2(C)OC(C)(C)O[C@H]12. The van der Waals surface area contributed by atoms with Gasteiger partial charge in [0.25, 0.3) is 5.56 Å². The first kappa shape index (κ1) is 27.2. The molecule has 34 heavy (non-hydrogen) atoms. The van der Waals surface area contributed by atoms with Crippen molar-refractivity contribution >= 4 is 25.1 Å². The summed E-state index contributed by atoms with van der Waals surface area (Å²) in [5, 5.41) is 0.0536. The third-order valence-corrected chi connectivity index (χ3v) is 7.91. The van der Waals surface area contributed by atoms with Crippen molar-refractivity contribution < 1.29 is 32.6 Å². The van der Waals surface area contributed by atoms with Gasteiger partial charge >= 0.3 is 13.9 Å². The fourth-order valence-electron chi connectivity index (χ4n) is 3.88. The average Bonchev–Trinajstić information content (AvgIpc) is 3.15. The molecule has 2 aliphatic heterocycles. The predicted molar refractivity (Wildman–Crippen MR) is 125 cm³/mol. The van der Waals surface area contributed by atoms with E-state index in [-0.39, 0.29) is 18.3 Å². The second-order valence-electron chi connectivity index (χ2n) is 9.49. The van der Waals surface area contributed by atoms with Gasteiger partial charge in [0.05, 0.1) is 0 Å². The number of hydrogen-bond donors (Lipinski definition) is 1. The van der Waals surface area contributed by atoms with Crippen molar-refractivity contribution in [1.29, 1.82) is 0 Å². The van der Waals surface area contributed by atoms with Crippen molar-refractivity contribution in [3.63, 3.8) is 0 Å². The summed E-state index contributed by atoms with van der Waals surface area (Å²) in [5.41, 5.74) is -2.68. The Kier molecular flexibility index (Phi) is 8.24. The van der Waals surface area contributed by atoms with Gasteiger partial charge in [-0.05, 0) is 27.2 Å². The standard InChI is InChI=1S/C21H31N2O9PS/c1-7-19(2,3)17(25)34-11-10-28-33(27)29-12-13-15-21(6,32-20(4,5)31-15)16(30-13)23-9-8-14(24)22-18(23)26/h8-9,13,15-16H,7,10-12H2,1-6H3/p+1/t13-,15-,16-,21-/m1/s1. The molecule has 0 saturated carbocycles. The lowest BCUT2D eigenvalue weighted by Crippen LogP contribution is -2.45. The molecule has 0 radical (unpaired) electrons. The number of rotatable bonds is 10. The lowest BCUT2D eigenvalue weighted by atomic mass is 9.92. The van der Waals surface area contributed by atoms with Crippen LogP contribution < -0.4 is 11.2 Å². The molecule has 1 unspecified atom stereocenters. The van der Waals surface area contributed by atoms with Gasteiger partial charge in [0.2, 0.25) is 0 Å². The van der Waals surface area contributed by atoms with E-state index in [9.17, 15) is 18.9 Å². The second kappa shape index (κ2) is 10.3. The summed E-state index contributed by atoms with van der Waals surface area (Å²) in [6.07, 6.45) is -0.221. The summed E-state index contributed by atoms with van der Waals surface area (Å²) in [6, 6.07) is 1.21. The number of aromatic amines is 1. The average molecular weight is 520 g/mol. The monoisotopic (exact) mass is 519 g/mol. The normalized spacial score (nSPS) is 28.6. The molecule has 0 spiro atoms. The molecule has 13 heteroatoms. The van der Waals surface area contributed by atoms with E-state index in [1.165, 1.54) is 16.8 Å². The van der Waals surface area contributed by atoms with E-state index in [0.717, 1.165) is 18.2 Å². The molecule has 3 heterocycles. The van der Waals surface area contributed by atoms with Crippen LogP contribution >= 0.6 is 20.0 Å². The molecule has 1 N–H and O–H groups in total. The first-order valence-electron chi connectivity index (χ1n) is 11.0. The van der Waals surface area contributed by atoms with E-state index in [1.807, 2.05) is 20.8 Å². The highest BCUT2D eigenvalue weighted by molar-refractivity contribution is 8.13. The van der Waals surface area contributed by atoms with E-state index >= 15 is 0 Å². The highest BCUT2D eigenvalue weighted by Gasteiger charge is 2.64. The summed E-state index contributed by atoms with van der Waals surface area (Å²) in [4.78, 5) is 38.2. The van der Waals surface area contributed by atoms with E-state index < -0.39 is 54.7 Å². The number of hydrogen-bond acceptors (Lipinski definition) is 10. The van der Waals surface area contributed by atoms with Crippen LogP contribution in [0.4, 0.5) is 0 Å². The van der Waals surface area contributed by atoms with Crippen molar-refractivity contribution in [1.82, 2.24) is 9.55 Å². The highest BCUT2D eigenvalue weighted by atomic mass is 32.2. The quantitative estimate of drug-likeness (QED) is 0.363. The molecule has 2 fully saturated rings. The zero-order valence-electron chi connectivity index (χ0n) is 20.2. The second-order valence-corrected chi connectivity index (χ2v) is 11.5. The Morgan fingerprint density at radius 2 is 2.00 bits per heavy atom. The Labute approximate surface area is 202 Å². The van der Waals surface area contributed by atoms with Crippen LogP contribution in [0.15, 0.2) is 21.9 Å². The number of carbonyl (C=O) groups is 1. The van der Waals surface area contributed by atoms with E-state index in [0.29, 0.717) is 5.75 Å². The Hall–Kier alpha value is -1.40. The van der Waals surface area contributed by atoms with E-state index in [2.05, 4.69) is 4.98 Å². The van der Waals surface area contributed by atoms with Gasteiger partial charge in [-0.15, -0.1) is 9.05 Å². The molecule has 11 nitrogen and oxygen atoms in total. The molecule has 3 rings (SSSR count). The van der Waals surface area contributed by atoms with Gasteiger partial charge in [-0.1, -0.05) is 32.5 Å². The third-order valence-electron chi connectivity index (χ3n) is 5.97. The maximum absolute atomic E-state index is 12.4. The smallest absolute Gasteiger partial charge is 0.346 e. The van der Waals surface area contributed by atoms with Gasteiger partial charge in [0, 0.05) is 28.0 Å². The first-order chi connectivity index (χ1) is 15.8. The maximum atomic E-state index is 12.4. The van der Waals surface area contributed by atoms with Crippen molar-refractivity contribution in [2.24, 2.45) is 5.41 Å². The fraction of sp³-hybridized carbons (Fsp3) is 0.762. The molecule has 0 aliphatic carbocycles. The molecule has 5 atom stereocenters. The lowest BCUT2D eigenvalue weighted by Gasteiger charge is -2.30. The molecule has 0 bridgehead atoms. The number of nitrogens with one attached hydrogen (secondary N) is 1. The minimum absolute atomic E-state index is 0.0536. The van der Waals surface area contributed by atoms with Gasteiger partial charge in [-0.25, -0.2) is 4.79 Å². The van der Waals surface area contributed by atoms with Crippen molar-refractivity contribution in [3.8, 4) is 0 Å². The minimum atomic E-state index is -2.46. The van der Waals surface area contributed by atoms with Crippen LogP contribution in [0.25, 0.3) is 0 Å². The molecule has 190 valence electrons. The molecule has 0 amide bonds. The summed E-state index contributed by atoms with van der Waals surface area (Å²) < 4.78 is 42.2. The summed E-state index contributed by atoms with van der Waals surface area (Å²) in [6.45, 7) is 10.9. The van der Waals surface area contributed by atoms with E-state index in [4.69, 9.17) is 23.3 Å². The Balaban J connectivity index is 1.59. The number of carbonyl (C=O) groups excluding carboxylic acids is 1. The van der Waals surface area contributed by atoms with E-state index in [1.54, 1.807) is 20.8 Å². The number of ether oxygens (including phenoxy) is 3. The number of nitrogens with zero attached hydrogens (tertiary/aromatic N) is 1. The summed E-state index contributed by atoms with van der Waals surface area (Å²) in [5.74, 6) is -0.601. The Morgan fingerprint density at radius 1 is 1.29 bits per heavy atom. The highest BCUT2D eigenvalue weighted by Crippen LogP contribution is 2.50. The number of fused-ring (bicyclic) bond motifs is 1. The Morgan fingerprint density at radius 3 is 2.65 bits per heavy atom. The fourth-order valence-corrected chi connectivity index (χ4v) is 5.47. The molecule has 0 aromatic carbocycles. The summed E-state index contributed by atoms with van der Waals surface area (Å²) in [7, 11) is -2.46. The topological polar surface area (TPSA) is 135 Å². The van der Waals surface area contributed by atoms with Crippen molar-refractivity contribution in [3.05, 3.63) is 33.1 Å². The molecular formula is C21H32N2O9PS+. The Bertz CT molecular complexity index is 1040. The summed E-state index contributed by atoms with van der Waals surface area (Å²) >= 11 is 1.14. The first-order valence-corrected chi connectivity index (χ1v) is 13.1. The zero-order valence-corrected chi connectivity index (χ0v) is 21.9. The molecular weight excluding hydrogens is 487 g/mol. The maximum Gasteiger partial charge on any atom is 0.697 e. The number of thioether (sulfide) groups is 1. The van der Waals surface area contributed by atoms with Gasteiger partial charge in [-0.3, -0.25) is 19.1 Å². The minimum Gasteiger partial charge on any atom is -0.346 e. The largest absolute Gasteiger partial charge is 0.697 e. The lowest BCUT2D eigenvalue weighted by molar-refractivity contribution is -0.217.